The number of benzene rings is 2. The summed E-state index contributed by atoms with van der Waals surface area (Å²) < 4.78 is 13.7. The van der Waals surface area contributed by atoms with Gasteiger partial charge in [0.2, 0.25) is 11.8 Å². The molecule has 6 heteroatoms. The van der Waals surface area contributed by atoms with Crippen molar-refractivity contribution in [2.75, 3.05) is 19.6 Å². The molecule has 2 aromatic carbocycles. The first-order valence-corrected chi connectivity index (χ1v) is 9.64. The molecule has 0 aliphatic heterocycles. The zero-order chi connectivity index (χ0) is 20.4. The monoisotopic (exact) mass is 385 g/mol. The number of aryl methyl sites for hydroxylation is 1. The van der Waals surface area contributed by atoms with Crippen LogP contribution in [0.5, 0.6) is 0 Å². The van der Waals surface area contributed by atoms with Crippen molar-refractivity contribution in [3.8, 4) is 0 Å². The number of hydrogen-bond acceptors (Lipinski definition) is 3. The van der Waals surface area contributed by atoms with Crippen molar-refractivity contribution in [1.82, 2.24) is 16.0 Å². The van der Waals surface area contributed by atoms with E-state index in [1.165, 1.54) is 17.7 Å². The van der Waals surface area contributed by atoms with Crippen molar-refractivity contribution < 1.29 is 14.0 Å². The van der Waals surface area contributed by atoms with Gasteiger partial charge in [-0.1, -0.05) is 50.2 Å². The summed E-state index contributed by atoms with van der Waals surface area (Å²) in [5.74, 6) is -0.836. The minimum absolute atomic E-state index is 0.0117. The third-order valence-electron chi connectivity index (χ3n) is 4.39. The van der Waals surface area contributed by atoms with E-state index in [0.29, 0.717) is 6.54 Å². The van der Waals surface area contributed by atoms with Crippen molar-refractivity contribution in [1.29, 1.82) is 0 Å². The van der Waals surface area contributed by atoms with Crippen LogP contribution in [0.1, 0.15) is 43.0 Å². The van der Waals surface area contributed by atoms with Crippen molar-refractivity contribution in [3.05, 3.63) is 71.0 Å². The lowest BCUT2D eigenvalue weighted by molar-refractivity contribution is -0.125. The molecule has 0 aliphatic rings. The van der Waals surface area contributed by atoms with Gasteiger partial charge in [-0.05, 0) is 41.7 Å². The van der Waals surface area contributed by atoms with Crippen LogP contribution in [0.15, 0.2) is 48.5 Å². The molecule has 150 valence electrons. The Morgan fingerprint density at radius 2 is 1.64 bits per heavy atom. The zero-order valence-electron chi connectivity index (χ0n) is 16.4. The largest absolute Gasteiger partial charge is 0.355 e. The SMILES string of the molecule is CCCNC(=O)CNC(=O)CN[C@H](c1ccc(CC)cc1)c1cccc(F)c1. The summed E-state index contributed by atoms with van der Waals surface area (Å²) in [6.45, 7) is 4.58. The zero-order valence-corrected chi connectivity index (χ0v) is 16.4. The number of nitrogens with one attached hydrogen (secondary N) is 3. The summed E-state index contributed by atoms with van der Waals surface area (Å²) in [6, 6.07) is 14.0. The Morgan fingerprint density at radius 1 is 0.929 bits per heavy atom. The topological polar surface area (TPSA) is 70.2 Å². The molecule has 0 saturated carbocycles. The van der Waals surface area contributed by atoms with E-state index in [0.717, 1.165) is 24.0 Å². The number of halogens is 1. The number of carbonyl (C=O) groups excluding carboxylic acids is 2. The van der Waals surface area contributed by atoms with Crippen LogP contribution < -0.4 is 16.0 Å². The van der Waals surface area contributed by atoms with Crippen LogP contribution in [-0.2, 0) is 16.0 Å². The van der Waals surface area contributed by atoms with Gasteiger partial charge in [0.15, 0.2) is 0 Å². The van der Waals surface area contributed by atoms with Gasteiger partial charge in [-0.3, -0.25) is 14.9 Å². The highest BCUT2D eigenvalue weighted by atomic mass is 19.1. The summed E-state index contributed by atoms with van der Waals surface area (Å²) in [5.41, 5.74) is 2.88. The summed E-state index contributed by atoms with van der Waals surface area (Å²) in [4.78, 5) is 23.7. The Bertz CT molecular complexity index is 778. The summed E-state index contributed by atoms with van der Waals surface area (Å²) in [7, 11) is 0. The van der Waals surface area contributed by atoms with Crippen molar-refractivity contribution >= 4 is 11.8 Å². The highest BCUT2D eigenvalue weighted by Gasteiger charge is 2.16. The van der Waals surface area contributed by atoms with Gasteiger partial charge in [0.25, 0.3) is 0 Å². The lowest BCUT2D eigenvalue weighted by Gasteiger charge is -2.20. The van der Waals surface area contributed by atoms with Crippen molar-refractivity contribution in [3.63, 3.8) is 0 Å². The van der Waals surface area contributed by atoms with Gasteiger partial charge >= 0.3 is 0 Å². The first-order chi connectivity index (χ1) is 13.5. The summed E-state index contributed by atoms with van der Waals surface area (Å²) >= 11 is 0. The molecule has 0 unspecified atom stereocenters. The van der Waals surface area contributed by atoms with E-state index in [2.05, 4.69) is 22.9 Å². The van der Waals surface area contributed by atoms with Crippen LogP contribution >= 0.6 is 0 Å². The lowest BCUT2D eigenvalue weighted by Crippen LogP contribution is -2.41. The van der Waals surface area contributed by atoms with E-state index in [9.17, 15) is 14.0 Å². The maximum atomic E-state index is 13.7. The molecular weight excluding hydrogens is 357 g/mol. The Kier molecular flexibility index (Phi) is 8.62. The Labute approximate surface area is 165 Å². The minimum atomic E-state index is -0.332. The van der Waals surface area contributed by atoms with Crippen LogP contribution in [0.3, 0.4) is 0 Å². The average molecular weight is 385 g/mol. The molecule has 1 atom stereocenters. The molecule has 3 N–H and O–H groups in total. The van der Waals surface area contributed by atoms with Gasteiger partial charge in [-0.2, -0.15) is 0 Å². The summed E-state index contributed by atoms with van der Waals surface area (Å²) in [5, 5.41) is 8.47. The second kappa shape index (κ2) is 11.2. The van der Waals surface area contributed by atoms with Gasteiger partial charge in [-0.15, -0.1) is 0 Å². The van der Waals surface area contributed by atoms with Crippen LogP contribution in [0.4, 0.5) is 4.39 Å². The highest BCUT2D eigenvalue weighted by Crippen LogP contribution is 2.23. The molecule has 0 saturated heterocycles. The second-order valence-corrected chi connectivity index (χ2v) is 6.59. The Balaban J connectivity index is 2.03. The normalized spacial score (nSPS) is 11.7. The van der Waals surface area contributed by atoms with Gasteiger partial charge in [-0.25, -0.2) is 4.39 Å². The van der Waals surface area contributed by atoms with Crippen molar-refractivity contribution in [2.45, 2.75) is 32.7 Å². The maximum Gasteiger partial charge on any atom is 0.239 e. The van der Waals surface area contributed by atoms with E-state index < -0.39 is 0 Å². The third-order valence-corrected chi connectivity index (χ3v) is 4.39. The molecule has 2 aromatic rings. The number of hydrogen-bond donors (Lipinski definition) is 3. The maximum absolute atomic E-state index is 13.7. The van der Waals surface area contributed by atoms with E-state index in [1.54, 1.807) is 6.07 Å². The van der Waals surface area contributed by atoms with Gasteiger partial charge in [0.1, 0.15) is 5.82 Å². The van der Waals surface area contributed by atoms with Crippen LogP contribution in [0.25, 0.3) is 0 Å². The molecule has 2 rings (SSSR count). The number of carbonyl (C=O) groups is 2. The molecule has 28 heavy (non-hydrogen) atoms. The average Bonchev–Trinajstić information content (AvgIpc) is 2.71. The predicted molar refractivity (Wildman–Crippen MR) is 108 cm³/mol. The molecule has 5 nitrogen and oxygen atoms in total. The van der Waals surface area contributed by atoms with Gasteiger partial charge in [0, 0.05) is 6.54 Å². The standard InChI is InChI=1S/C22H28FN3O2/c1-3-12-24-20(27)14-25-21(28)15-26-22(18-6-5-7-19(23)13-18)17-10-8-16(4-2)9-11-17/h5-11,13,22,26H,3-4,12,14-15H2,1-2H3,(H,24,27)(H,25,28)/t22-/m1/s1. The molecule has 0 fully saturated rings. The summed E-state index contributed by atoms with van der Waals surface area (Å²) in [6.07, 6.45) is 1.77. The predicted octanol–water partition coefficient (Wildman–Crippen LogP) is 2.71. The van der Waals surface area contributed by atoms with Crippen LogP contribution in [-0.4, -0.2) is 31.4 Å². The second-order valence-electron chi connectivity index (χ2n) is 6.59. The van der Waals surface area contributed by atoms with E-state index >= 15 is 0 Å². The first kappa shape index (κ1) is 21.6. The van der Waals surface area contributed by atoms with Crippen LogP contribution in [0.2, 0.25) is 0 Å². The fraction of sp³-hybridized carbons (Fsp3) is 0.364. The van der Waals surface area contributed by atoms with Gasteiger partial charge in [0.05, 0.1) is 19.1 Å². The molecule has 0 spiro atoms. The number of amides is 2. The van der Waals surface area contributed by atoms with E-state index in [4.69, 9.17) is 0 Å². The fourth-order valence-corrected chi connectivity index (χ4v) is 2.82. The molecular formula is C22H28FN3O2. The Hall–Kier alpha value is -2.73. The highest BCUT2D eigenvalue weighted by molar-refractivity contribution is 5.85. The molecule has 0 heterocycles. The Morgan fingerprint density at radius 3 is 2.29 bits per heavy atom. The quantitative estimate of drug-likeness (QED) is 0.589. The molecule has 2 amide bonds. The van der Waals surface area contributed by atoms with Gasteiger partial charge < -0.3 is 10.6 Å². The van der Waals surface area contributed by atoms with E-state index in [-0.39, 0.29) is 36.8 Å². The molecule has 0 aliphatic carbocycles. The molecule has 0 bridgehead atoms. The molecule has 0 aromatic heterocycles. The third kappa shape index (κ3) is 6.78. The fourth-order valence-electron chi connectivity index (χ4n) is 2.82. The molecule has 0 radical (unpaired) electrons. The number of rotatable bonds is 10. The lowest BCUT2D eigenvalue weighted by atomic mass is 9.97. The first-order valence-electron chi connectivity index (χ1n) is 9.64. The van der Waals surface area contributed by atoms with Crippen molar-refractivity contribution in [2.24, 2.45) is 0 Å². The van der Waals surface area contributed by atoms with Crippen LogP contribution in [0, 0.1) is 5.82 Å². The minimum Gasteiger partial charge on any atom is -0.355 e. The van der Waals surface area contributed by atoms with E-state index in [1.807, 2.05) is 37.3 Å². The smallest absolute Gasteiger partial charge is 0.239 e.